The molecule has 0 aromatic rings. The molecule has 17 nitrogen and oxygen atoms in total. The van der Waals surface area contributed by atoms with Crippen LogP contribution in [0, 0.1) is 17.8 Å². The van der Waals surface area contributed by atoms with Crippen LogP contribution in [0.15, 0.2) is 24.3 Å². The van der Waals surface area contributed by atoms with Crippen molar-refractivity contribution in [3.8, 4) is 0 Å². The van der Waals surface area contributed by atoms with Gasteiger partial charge in [0.25, 0.3) is 0 Å². The summed E-state index contributed by atoms with van der Waals surface area (Å²) in [7, 11) is -9.91. The molecule has 0 aliphatic rings. The number of esters is 4. The number of hydrogen-bond donors (Lipinski definition) is 3. The molecule has 0 aromatic carbocycles. The van der Waals surface area contributed by atoms with Gasteiger partial charge < -0.3 is 33.8 Å². The third-order valence-electron chi connectivity index (χ3n) is 15.6. The molecule has 0 spiro atoms. The summed E-state index contributed by atoms with van der Waals surface area (Å²) in [4.78, 5) is 72.4. The zero-order chi connectivity index (χ0) is 65.2. The second-order valence-corrected chi connectivity index (χ2v) is 28.3. The van der Waals surface area contributed by atoms with Gasteiger partial charge in [-0.05, 0) is 69.1 Å². The van der Waals surface area contributed by atoms with Crippen molar-refractivity contribution in [2.45, 2.75) is 336 Å². The quantitative estimate of drug-likeness (QED) is 0.0169. The summed E-state index contributed by atoms with van der Waals surface area (Å²) in [5.41, 5.74) is 0. The lowest BCUT2D eigenvalue weighted by Crippen LogP contribution is -2.30. The van der Waals surface area contributed by atoms with Crippen molar-refractivity contribution >= 4 is 39.5 Å². The fraction of sp³-hybridized carbons (Fsp3) is 0.884. The molecule has 0 heterocycles. The fourth-order valence-corrected chi connectivity index (χ4v) is 11.4. The van der Waals surface area contributed by atoms with Gasteiger partial charge in [0, 0.05) is 25.7 Å². The monoisotopic (exact) mass is 1290 g/mol. The zero-order valence-corrected chi connectivity index (χ0v) is 58.5. The summed E-state index contributed by atoms with van der Waals surface area (Å²) in [5, 5.41) is 10.6. The summed E-state index contributed by atoms with van der Waals surface area (Å²) in [6, 6.07) is 0. The van der Waals surface area contributed by atoms with Crippen LogP contribution in [0.2, 0.25) is 0 Å². The Kier molecular flexibility index (Phi) is 57.9. The molecular formula is C69H130O17P2. The van der Waals surface area contributed by atoms with E-state index >= 15 is 0 Å². The highest BCUT2D eigenvalue weighted by atomic mass is 31.2. The molecule has 0 aromatic heterocycles. The van der Waals surface area contributed by atoms with Gasteiger partial charge >= 0.3 is 39.5 Å². The first-order chi connectivity index (χ1) is 42.3. The van der Waals surface area contributed by atoms with Crippen LogP contribution in [0.25, 0.3) is 0 Å². The normalized spacial score (nSPS) is 14.7. The number of carbonyl (C=O) groups is 4. The van der Waals surface area contributed by atoms with Gasteiger partial charge in [0.15, 0.2) is 12.2 Å². The van der Waals surface area contributed by atoms with E-state index in [2.05, 4.69) is 72.8 Å². The average molecular weight is 1290 g/mol. The fourth-order valence-electron chi connectivity index (χ4n) is 9.79. The molecule has 0 aliphatic carbocycles. The van der Waals surface area contributed by atoms with Crippen molar-refractivity contribution in [1.82, 2.24) is 0 Å². The van der Waals surface area contributed by atoms with Gasteiger partial charge in [0.2, 0.25) is 0 Å². The van der Waals surface area contributed by atoms with Crippen LogP contribution in [0.3, 0.4) is 0 Å². The number of ether oxygens (including phenoxy) is 4. The maximum atomic E-state index is 13.0. The molecule has 0 saturated carbocycles. The minimum Gasteiger partial charge on any atom is -0.462 e. The molecule has 6 atom stereocenters. The minimum atomic E-state index is -4.96. The number of phosphoric acid groups is 2. The number of carbonyl (C=O) groups excluding carboxylic acids is 4. The summed E-state index contributed by atoms with van der Waals surface area (Å²) in [6.07, 6.45) is 45.4. The second-order valence-electron chi connectivity index (χ2n) is 25.4. The zero-order valence-electron chi connectivity index (χ0n) is 56.7. The van der Waals surface area contributed by atoms with Crippen molar-refractivity contribution in [1.29, 1.82) is 0 Å². The van der Waals surface area contributed by atoms with Crippen molar-refractivity contribution in [3.05, 3.63) is 24.3 Å². The van der Waals surface area contributed by atoms with Crippen LogP contribution in [0.4, 0.5) is 0 Å². The van der Waals surface area contributed by atoms with Crippen LogP contribution < -0.4 is 0 Å². The highest BCUT2D eigenvalue weighted by Gasteiger charge is 2.30. The molecule has 0 fully saturated rings. The molecule has 0 saturated heterocycles. The highest BCUT2D eigenvalue weighted by molar-refractivity contribution is 7.47. The standard InChI is InChI=1S/C69H130O17P2/c1-8-10-11-12-13-14-15-16-17-18-19-24-29-38-45-52-68(73)85-64(56-80-67(72)51-44-37-30-25-27-34-41-48-61(5)6)58-83-87(75,76)81-54-63(70)55-82-88(77,78)84-59-65(86-69(74)53-46-39-32-31-35-42-49-62(7)9-2)57-79-66(71)50-43-36-28-23-21-20-22-26-33-40-47-60(3)4/h14-17,60-65,70H,8-13,18-59H2,1-7H3,(H,75,76)(H,77,78)/b15-14-,17-16-/t62?,63?,64-,65-/m1/s1. The molecule has 0 amide bonds. The molecule has 19 heteroatoms. The number of rotatable bonds is 65. The molecule has 0 aliphatic heterocycles. The molecular weight excluding hydrogens is 1160 g/mol. The van der Waals surface area contributed by atoms with E-state index in [4.69, 9.17) is 37.0 Å². The highest BCUT2D eigenvalue weighted by Crippen LogP contribution is 2.45. The lowest BCUT2D eigenvalue weighted by atomic mass is 10.00. The molecule has 0 radical (unpaired) electrons. The summed E-state index contributed by atoms with van der Waals surface area (Å²) >= 11 is 0. The Bertz CT molecular complexity index is 1830. The predicted octanol–water partition coefficient (Wildman–Crippen LogP) is 19.0. The van der Waals surface area contributed by atoms with Crippen LogP contribution in [-0.2, 0) is 65.4 Å². The SMILES string of the molecule is CCCCCC/C=C\C=C/CCCCCCCC(=O)O[C@H](COC(=O)CCCCCCCCCC(C)C)COP(=O)(O)OCC(O)COP(=O)(O)OC[C@@H](COC(=O)CCCCCCCCCCCCC(C)C)OC(=O)CCCCCCCCC(C)CC. The van der Waals surface area contributed by atoms with Crippen LogP contribution >= 0.6 is 15.6 Å². The van der Waals surface area contributed by atoms with Crippen LogP contribution in [0.1, 0.15) is 318 Å². The van der Waals surface area contributed by atoms with E-state index in [0.717, 1.165) is 121 Å². The van der Waals surface area contributed by atoms with Gasteiger partial charge in [-0.15, -0.1) is 0 Å². The van der Waals surface area contributed by atoms with Crippen molar-refractivity contribution in [3.63, 3.8) is 0 Å². The van der Waals surface area contributed by atoms with E-state index < -0.39 is 97.5 Å². The number of unbranched alkanes of at least 4 members (excludes halogenated alkanes) is 29. The van der Waals surface area contributed by atoms with Crippen LogP contribution in [-0.4, -0.2) is 96.7 Å². The second kappa shape index (κ2) is 59.5. The van der Waals surface area contributed by atoms with Gasteiger partial charge in [0.05, 0.1) is 26.4 Å². The number of hydrogen-bond acceptors (Lipinski definition) is 15. The van der Waals surface area contributed by atoms with Gasteiger partial charge in [0.1, 0.15) is 19.3 Å². The van der Waals surface area contributed by atoms with E-state index in [9.17, 15) is 43.2 Å². The molecule has 518 valence electrons. The topological polar surface area (TPSA) is 237 Å². The Morgan fingerprint density at radius 3 is 1.01 bits per heavy atom. The first kappa shape index (κ1) is 85.5. The third kappa shape index (κ3) is 61.1. The molecule has 4 unspecified atom stereocenters. The Morgan fingerprint density at radius 2 is 0.670 bits per heavy atom. The maximum absolute atomic E-state index is 13.0. The molecule has 0 bridgehead atoms. The molecule has 88 heavy (non-hydrogen) atoms. The van der Waals surface area contributed by atoms with Gasteiger partial charge in [-0.1, -0.05) is 265 Å². The van der Waals surface area contributed by atoms with Crippen LogP contribution in [0.5, 0.6) is 0 Å². The first-order valence-corrected chi connectivity index (χ1v) is 38.2. The lowest BCUT2D eigenvalue weighted by molar-refractivity contribution is -0.161. The van der Waals surface area contributed by atoms with Gasteiger partial charge in [-0.3, -0.25) is 37.3 Å². The van der Waals surface area contributed by atoms with Crippen molar-refractivity contribution < 1.29 is 80.2 Å². The summed E-state index contributed by atoms with van der Waals surface area (Å²) < 4.78 is 68.1. The van der Waals surface area contributed by atoms with E-state index in [1.807, 2.05) is 0 Å². The largest absolute Gasteiger partial charge is 0.472 e. The van der Waals surface area contributed by atoms with Gasteiger partial charge in [-0.2, -0.15) is 0 Å². The van der Waals surface area contributed by atoms with E-state index in [1.54, 1.807) is 0 Å². The first-order valence-electron chi connectivity index (χ1n) is 35.2. The molecule has 3 N–H and O–H groups in total. The Balaban J connectivity index is 5.28. The number of allylic oxidation sites excluding steroid dienone is 4. The maximum Gasteiger partial charge on any atom is 0.472 e. The third-order valence-corrected chi connectivity index (χ3v) is 17.5. The minimum absolute atomic E-state index is 0.0836. The Hall–Kier alpha value is -2.46. The Morgan fingerprint density at radius 1 is 0.375 bits per heavy atom. The van der Waals surface area contributed by atoms with E-state index in [1.165, 1.54) is 109 Å². The van der Waals surface area contributed by atoms with Crippen molar-refractivity contribution in [2.75, 3.05) is 39.6 Å². The van der Waals surface area contributed by atoms with E-state index in [-0.39, 0.29) is 25.7 Å². The lowest BCUT2D eigenvalue weighted by Gasteiger charge is -2.21. The van der Waals surface area contributed by atoms with Crippen molar-refractivity contribution in [2.24, 2.45) is 17.8 Å². The predicted molar refractivity (Wildman–Crippen MR) is 354 cm³/mol. The Labute approximate surface area is 535 Å². The number of phosphoric ester groups is 2. The van der Waals surface area contributed by atoms with E-state index in [0.29, 0.717) is 31.6 Å². The summed E-state index contributed by atoms with van der Waals surface area (Å²) in [6.45, 7) is 11.7. The number of aliphatic hydroxyl groups excluding tert-OH is 1. The smallest absolute Gasteiger partial charge is 0.462 e. The number of aliphatic hydroxyl groups is 1. The van der Waals surface area contributed by atoms with Gasteiger partial charge in [-0.25, -0.2) is 9.13 Å². The average Bonchev–Trinajstić information content (AvgIpc) is 3.49. The summed E-state index contributed by atoms with van der Waals surface area (Å²) in [5.74, 6) is 0.0146. The molecule has 0 rings (SSSR count).